The Morgan fingerprint density at radius 2 is 2.09 bits per heavy atom. The van der Waals surface area contributed by atoms with Gasteiger partial charge in [0.1, 0.15) is 17.0 Å². The first-order valence-electron chi connectivity index (χ1n) is 7.14. The molecule has 0 bridgehead atoms. The predicted octanol–water partition coefficient (Wildman–Crippen LogP) is 3.35. The minimum Gasteiger partial charge on any atom is -0.463 e. The van der Waals surface area contributed by atoms with Crippen LogP contribution in [-0.4, -0.2) is 16.1 Å². The van der Waals surface area contributed by atoms with Crippen molar-refractivity contribution < 1.29 is 13.6 Å². The minimum absolute atomic E-state index is 0.278. The molecule has 2 N–H and O–H groups in total. The van der Waals surface area contributed by atoms with Gasteiger partial charge in [0.25, 0.3) is 5.91 Å². The number of hydrogen-bond acceptors (Lipinski definition) is 4. The molecule has 0 atom stereocenters. The van der Waals surface area contributed by atoms with Crippen LogP contribution in [0, 0.1) is 0 Å². The van der Waals surface area contributed by atoms with Crippen LogP contribution in [0.3, 0.4) is 0 Å². The van der Waals surface area contributed by atoms with Crippen LogP contribution in [-0.2, 0) is 6.54 Å². The minimum atomic E-state index is -0.278. The van der Waals surface area contributed by atoms with Crippen LogP contribution in [0.4, 0.5) is 0 Å². The zero-order valence-electron chi connectivity index (χ0n) is 12.1. The first-order valence-corrected chi connectivity index (χ1v) is 7.14. The highest BCUT2D eigenvalue weighted by Crippen LogP contribution is 2.19. The van der Waals surface area contributed by atoms with Crippen molar-refractivity contribution in [3.63, 3.8) is 0 Å². The molecule has 0 aliphatic heterocycles. The molecule has 0 saturated heterocycles. The van der Waals surface area contributed by atoms with Crippen molar-refractivity contribution in [2.24, 2.45) is 0 Å². The highest BCUT2D eigenvalue weighted by atomic mass is 16.3. The van der Waals surface area contributed by atoms with Gasteiger partial charge in [-0.25, -0.2) is 0 Å². The fraction of sp³-hybridized carbons (Fsp3) is 0.0588. The van der Waals surface area contributed by atoms with Gasteiger partial charge in [-0.05, 0) is 24.3 Å². The Labute approximate surface area is 131 Å². The molecule has 0 spiro atoms. The molecule has 3 aromatic heterocycles. The maximum atomic E-state index is 12.2. The fourth-order valence-corrected chi connectivity index (χ4v) is 2.38. The number of benzene rings is 1. The zero-order chi connectivity index (χ0) is 15.6. The number of rotatable bonds is 4. The molecule has 0 fully saturated rings. The number of carbonyl (C=O) groups excluding carboxylic acids is 1. The molecule has 4 aromatic rings. The van der Waals surface area contributed by atoms with E-state index >= 15 is 0 Å². The monoisotopic (exact) mass is 307 g/mol. The van der Waals surface area contributed by atoms with Crippen molar-refractivity contribution in [1.82, 2.24) is 15.5 Å². The SMILES string of the molecule is O=C(NCc1cc2ccccc2o1)c1cc(-c2ccco2)[nH]n1. The Balaban J connectivity index is 1.45. The molecular formula is C17H13N3O3. The van der Waals surface area contributed by atoms with Crippen molar-refractivity contribution in [3.8, 4) is 11.5 Å². The van der Waals surface area contributed by atoms with Gasteiger partial charge < -0.3 is 14.2 Å². The predicted molar refractivity (Wildman–Crippen MR) is 83.7 cm³/mol. The maximum Gasteiger partial charge on any atom is 0.272 e. The van der Waals surface area contributed by atoms with Gasteiger partial charge in [-0.3, -0.25) is 9.89 Å². The van der Waals surface area contributed by atoms with Gasteiger partial charge in [0.15, 0.2) is 11.5 Å². The number of fused-ring (bicyclic) bond motifs is 1. The van der Waals surface area contributed by atoms with Crippen LogP contribution < -0.4 is 5.32 Å². The van der Waals surface area contributed by atoms with Gasteiger partial charge in [0.2, 0.25) is 0 Å². The summed E-state index contributed by atoms with van der Waals surface area (Å²) in [7, 11) is 0. The first-order chi connectivity index (χ1) is 11.3. The van der Waals surface area contributed by atoms with E-state index in [0.717, 1.165) is 11.0 Å². The topological polar surface area (TPSA) is 84.1 Å². The third kappa shape index (κ3) is 2.62. The van der Waals surface area contributed by atoms with Crippen molar-refractivity contribution in [3.05, 3.63) is 66.2 Å². The lowest BCUT2D eigenvalue weighted by atomic mass is 10.2. The van der Waals surface area contributed by atoms with E-state index < -0.39 is 0 Å². The zero-order valence-corrected chi connectivity index (χ0v) is 12.1. The lowest BCUT2D eigenvalue weighted by Crippen LogP contribution is -2.22. The Bertz CT molecular complexity index is 917. The van der Waals surface area contributed by atoms with Crippen LogP contribution >= 0.6 is 0 Å². The van der Waals surface area contributed by atoms with Crippen LogP contribution in [0.25, 0.3) is 22.4 Å². The number of hydrogen-bond donors (Lipinski definition) is 2. The summed E-state index contributed by atoms with van der Waals surface area (Å²) in [5.74, 6) is 1.05. The number of aromatic amines is 1. The van der Waals surface area contributed by atoms with E-state index in [-0.39, 0.29) is 5.91 Å². The standard InChI is InChI=1S/C17H13N3O3/c21-17(14-9-13(19-20-14)16-6-3-7-22-16)18-10-12-8-11-4-1-2-5-15(11)23-12/h1-9H,10H2,(H,18,21)(H,19,20). The molecule has 1 amide bonds. The van der Waals surface area contributed by atoms with Crippen molar-refractivity contribution >= 4 is 16.9 Å². The number of nitrogens with zero attached hydrogens (tertiary/aromatic N) is 1. The average Bonchev–Trinajstić information content (AvgIpc) is 3.31. The summed E-state index contributed by atoms with van der Waals surface area (Å²) in [4.78, 5) is 12.2. The number of para-hydroxylation sites is 1. The number of nitrogens with one attached hydrogen (secondary N) is 2. The van der Waals surface area contributed by atoms with E-state index in [2.05, 4.69) is 15.5 Å². The maximum absolute atomic E-state index is 12.2. The number of H-pyrrole nitrogens is 1. The Hall–Kier alpha value is -3.28. The second-order valence-electron chi connectivity index (χ2n) is 5.08. The molecule has 0 saturated carbocycles. The van der Waals surface area contributed by atoms with Gasteiger partial charge >= 0.3 is 0 Å². The molecule has 0 unspecified atom stereocenters. The van der Waals surface area contributed by atoms with Crippen molar-refractivity contribution in [2.75, 3.05) is 0 Å². The summed E-state index contributed by atoms with van der Waals surface area (Å²) in [5, 5.41) is 10.6. The lowest BCUT2D eigenvalue weighted by Gasteiger charge is -1.99. The molecule has 0 aliphatic rings. The lowest BCUT2D eigenvalue weighted by molar-refractivity contribution is 0.0943. The molecular weight excluding hydrogens is 294 g/mol. The van der Waals surface area contributed by atoms with Gasteiger partial charge in [0.05, 0.1) is 12.8 Å². The first kappa shape index (κ1) is 13.4. The number of amides is 1. The van der Waals surface area contributed by atoms with Crippen LogP contribution in [0.15, 0.2) is 63.6 Å². The van der Waals surface area contributed by atoms with Crippen LogP contribution in [0.5, 0.6) is 0 Å². The highest BCUT2D eigenvalue weighted by molar-refractivity contribution is 5.93. The second-order valence-corrected chi connectivity index (χ2v) is 5.08. The van der Waals surface area contributed by atoms with Crippen LogP contribution in [0.2, 0.25) is 0 Å². The van der Waals surface area contributed by atoms with E-state index in [0.29, 0.717) is 29.5 Å². The Kier molecular flexibility index (Phi) is 3.20. The quantitative estimate of drug-likeness (QED) is 0.605. The summed E-state index contributed by atoms with van der Waals surface area (Å²) in [6, 6.07) is 14.8. The number of aromatic nitrogens is 2. The highest BCUT2D eigenvalue weighted by Gasteiger charge is 2.13. The molecule has 0 radical (unpaired) electrons. The largest absolute Gasteiger partial charge is 0.463 e. The smallest absolute Gasteiger partial charge is 0.272 e. The molecule has 6 nitrogen and oxygen atoms in total. The molecule has 4 rings (SSSR count). The van der Waals surface area contributed by atoms with Gasteiger partial charge in [-0.15, -0.1) is 0 Å². The number of furan rings is 2. The Morgan fingerprint density at radius 1 is 1.17 bits per heavy atom. The van der Waals surface area contributed by atoms with E-state index in [1.54, 1.807) is 24.5 Å². The molecule has 3 heterocycles. The van der Waals surface area contributed by atoms with Crippen LogP contribution in [0.1, 0.15) is 16.2 Å². The summed E-state index contributed by atoms with van der Waals surface area (Å²) >= 11 is 0. The second kappa shape index (κ2) is 5.49. The third-order valence-electron chi connectivity index (χ3n) is 3.50. The molecule has 114 valence electrons. The normalized spacial score (nSPS) is 11.0. The summed E-state index contributed by atoms with van der Waals surface area (Å²) < 4.78 is 10.9. The van der Waals surface area contributed by atoms with E-state index in [1.807, 2.05) is 30.3 Å². The molecule has 1 aromatic carbocycles. The average molecular weight is 307 g/mol. The molecule has 23 heavy (non-hydrogen) atoms. The van der Waals surface area contributed by atoms with Gasteiger partial charge in [-0.1, -0.05) is 18.2 Å². The molecule has 0 aliphatic carbocycles. The summed E-state index contributed by atoms with van der Waals surface area (Å²) in [6.07, 6.45) is 1.57. The van der Waals surface area contributed by atoms with E-state index in [9.17, 15) is 4.79 Å². The van der Waals surface area contributed by atoms with Crippen molar-refractivity contribution in [1.29, 1.82) is 0 Å². The Morgan fingerprint density at radius 3 is 2.91 bits per heavy atom. The number of carbonyl (C=O) groups is 1. The van der Waals surface area contributed by atoms with Gasteiger partial charge in [-0.2, -0.15) is 5.10 Å². The fourth-order valence-electron chi connectivity index (χ4n) is 2.38. The van der Waals surface area contributed by atoms with Gasteiger partial charge in [0, 0.05) is 11.5 Å². The molecule has 6 heteroatoms. The summed E-state index contributed by atoms with van der Waals surface area (Å²) in [5.41, 5.74) is 1.76. The van der Waals surface area contributed by atoms with Crippen molar-refractivity contribution in [2.45, 2.75) is 6.54 Å². The van der Waals surface area contributed by atoms with E-state index in [4.69, 9.17) is 8.83 Å². The summed E-state index contributed by atoms with van der Waals surface area (Å²) in [6.45, 7) is 0.302. The van der Waals surface area contributed by atoms with E-state index in [1.165, 1.54) is 0 Å². The third-order valence-corrected chi connectivity index (χ3v) is 3.50.